The van der Waals surface area contributed by atoms with Crippen molar-refractivity contribution in [3.8, 4) is 0 Å². The van der Waals surface area contributed by atoms with Gasteiger partial charge in [0.1, 0.15) is 0 Å². The minimum absolute atomic E-state index is 0. The van der Waals surface area contributed by atoms with Gasteiger partial charge in [0, 0.05) is 0 Å². The van der Waals surface area contributed by atoms with Crippen molar-refractivity contribution in [2.24, 2.45) is 0 Å². The molecule has 0 atom stereocenters. The molecule has 0 spiro atoms. The van der Waals surface area contributed by atoms with E-state index in [-0.39, 0.29) is 44.0 Å². The Morgan fingerprint density at radius 1 is 0.810 bits per heavy atom. The molecule has 0 bridgehead atoms. The zero-order valence-corrected chi connectivity index (χ0v) is 19.5. The van der Waals surface area contributed by atoms with E-state index < -0.39 is 14.8 Å². The van der Waals surface area contributed by atoms with Crippen LogP contribution in [0.3, 0.4) is 0 Å². The summed E-state index contributed by atoms with van der Waals surface area (Å²) in [4.78, 5) is 0. The molecule has 0 N–H and O–H groups in total. The Hall–Kier alpha value is 1.27. The Kier molecular flexibility index (Phi) is 8.90. The molecule has 0 saturated carbocycles. The maximum atomic E-state index is 6.65. The summed E-state index contributed by atoms with van der Waals surface area (Å²) >= 11 is 13.1. The number of hydrogen-bond acceptors (Lipinski definition) is 0. The van der Waals surface area contributed by atoms with Crippen LogP contribution in [-0.2, 0) is 19.2 Å². The predicted molar refractivity (Wildman–Crippen MR) is 103 cm³/mol. The Morgan fingerprint density at radius 2 is 1.14 bits per heavy atom. The van der Waals surface area contributed by atoms with Crippen LogP contribution in [0.15, 0.2) is 42.5 Å². The molecule has 0 amide bonds. The summed E-state index contributed by atoms with van der Waals surface area (Å²) in [5, 5.41) is 2.98. The first-order valence-electron chi connectivity index (χ1n) is 6.65. The van der Waals surface area contributed by atoms with Crippen molar-refractivity contribution in [2.75, 3.05) is 0 Å². The zero-order chi connectivity index (χ0) is 14.3. The molecule has 7 heteroatoms. The normalized spacial score (nSPS) is 18.0. The van der Waals surface area contributed by atoms with Crippen LogP contribution >= 0.6 is 47.0 Å². The molecule has 0 aromatic carbocycles. The van der Waals surface area contributed by atoms with Crippen LogP contribution in [0.2, 0.25) is 26.2 Å². The quantitative estimate of drug-likeness (QED) is 0.358. The molecule has 0 nitrogen and oxygen atoms in total. The Morgan fingerprint density at radius 3 is 1.43 bits per heavy atom. The summed E-state index contributed by atoms with van der Waals surface area (Å²) in [7, 11) is -3.39. The van der Waals surface area contributed by atoms with E-state index in [1.54, 1.807) is 7.76 Å². The largest absolute Gasteiger partial charge is 0.147 e. The monoisotopic (exact) mass is 434 g/mol. The van der Waals surface area contributed by atoms with E-state index in [1.165, 1.54) is 10.4 Å². The molecule has 118 valence electrons. The summed E-state index contributed by atoms with van der Waals surface area (Å²) in [6.07, 6.45) is 11.4. The van der Waals surface area contributed by atoms with E-state index in [0.29, 0.717) is 0 Å². The first-order chi connectivity index (χ1) is 8.69. The molecule has 0 radical (unpaired) electrons. The van der Waals surface area contributed by atoms with Crippen LogP contribution in [0.1, 0.15) is 12.8 Å². The summed E-state index contributed by atoms with van der Waals surface area (Å²) in [6.45, 7) is 8.92. The van der Waals surface area contributed by atoms with E-state index in [1.807, 2.05) is 0 Å². The Balaban J connectivity index is 0.00000200. The first kappa shape index (κ1) is 22.3. The van der Waals surface area contributed by atoms with Gasteiger partial charge >= 0.3 is 138 Å². The second kappa shape index (κ2) is 8.39. The molecule has 0 unspecified atom stereocenters. The molecule has 21 heavy (non-hydrogen) atoms. The van der Waals surface area contributed by atoms with Gasteiger partial charge in [-0.3, -0.25) is 0 Å². The van der Waals surface area contributed by atoms with Crippen LogP contribution in [0.25, 0.3) is 0 Å². The smallest absolute Gasteiger partial charge is 0.147 e. The topological polar surface area (TPSA) is 0 Å². The summed E-state index contributed by atoms with van der Waals surface area (Å²) in [6, 6.07) is 0. The molecule has 0 aliphatic heterocycles. The third-order valence-electron chi connectivity index (χ3n) is 3.45. The average molecular weight is 436 g/mol. The third-order valence-corrected chi connectivity index (χ3v) is 11.4. The van der Waals surface area contributed by atoms with Gasteiger partial charge in [-0.05, 0) is 0 Å². The number of allylic oxidation sites excluding steroid dienone is 8. The fourth-order valence-electron chi connectivity index (χ4n) is 2.54. The second-order valence-electron chi connectivity index (χ2n) is 6.07. The maximum Gasteiger partial charge on any atom is -0.147 e. The fraction of sp³-hybridized carbons (Fsp3) is 0.429. The number of halogens is 4. The van der Waals surface area contributed by atoms with Crippen LogP contribution < -0.4 is 0 Å². The third kappa shape index (κ3) is 5.68. The number of hydrogen-bond donors (Lipinski definition) is 0. The molecule has 0 fully saturated rings. The van der Waals surface area contributed by atoms with Crippen molar-refractivity contribution in [3.05, 3.63) is 42.5 Å². The second-order valence-corrected chi connectivity index (χ2v) is 21.0. The fourth-order valence-corrected chi connectivity index (χ4v) is 12.4. The maximum absolute atomic E-state index is 6.65. The Labute approximate surface area is 161 Å². The van der Waals surface area contributed by atoms with Gasteiger partial charge < -0.3 is 0 Å². The predicted octanol–water partition coefficient (Wildman–Crippen LogP) is 6.31. The van der Waals surface area contributed by atoms with E-state index >= 15 is 0 Å². The van der Waals surface area contributed by atoms with Gasteiger partial charge in [0.15, 0.2) is 0 Å². The zero-order valence-electron chi connectivity index (χ0n) is 12.8. The summed E-state index contributed by atoms with van der Waals surface area (Å²) < 4.78 is 3.30. The SMILES string of the molecule is C[Si](C)(Cl)C1=[C]([Ti][C]2=C([Si](C)(C)Cl)C=CC2)CC=C1.Cl.Cl. The van der Waals surface area contributed by atoms with Crippen molar-refractivity contribution in [3.63, 3.8) is 0 Å². The molecule has 0 saturated heterocycles. The van der Waals surface area contributed by atoms with Crippen molar-refractivity contribution in [1.82, 2.24) is 0 Å². The molecule has 0 heterocycles. The molecule has 2 aliphatic carbocycles. The van der Waals surface area contributed by atoms with Gasteiger partial charge in [-0.15, -0.1) is 24.8 Å². The molecule has 0 aromatic heterocycles. The Bertz CT molecular complexity index is 462. The van der Waals surface area contributed by atoms with Crippen molar-refractivity contribution >= 4 is 61.7 Å². The van der Waals surface area contributed by atoms with Crippen LogP contribution in [0.4, 0.5) is 0 Å². The van der Waals surface area contributed by atoms with E-state index in [9.17, 15) is 0 Å². The van der Waals surface area contributed by atoms with Crippen LogP contribution in [-0.4, -0.2) is 14.8 Å². The average Bonchev–Trinajstić information content (AvgIpc) is 2.83. The molecular formula is C14H22Cl4Si2Ti. The van der Waals surface area contributed by atoms with Crippen molar-refractivity contribution in [2.45, 2.75) is 39.0 Å². The van der Waals surface area contributed by atoms with Crippen LogP contribution in [0.5, 0.6) is 0 Å². The van der Waals surface area contributed by atoms with E-state index in [4.69, 9.17) is 22.2 Å². The molecule has 2 rings (SSSR count). The molecular weight excluding hydrogens is 414 g/mol. The van der Waals surface area contributed by atoms with Gasteiger partial charge in [0.25, 0.3) is 0 Å². The van der Waals surface area contributed by atoms with Crippen LogP contribution in [0, 0.1) is 0 Å². The molecule has 0 aromatic rings. The first-order valence-corrected chi connectivity index (χ1v) is 16.2. The van der Waals surface area contributed by atoms with Gasteiger partial charge in [-0.25, -0.2) is 0 Å². The van der Waals surface area contributed by atoms with Gasteiger partial charge in [-0.2, -0.15) is 0 Å². The van der Waals surface area contributed by atoms with E-state index in [2.05, 4.69) is 50.5 Å². The summed E-state index contributed by atoms with van der Waals surface area (Å²) in [5.41, 5.74) is 0. The minimum atomic E-state index is -1.70. The van der Waals surface area contributed by atoms with Gasteiger partial charge in [0.2, 0.25) is 0 Å². The standard InChI is InChI=1S/2C7H10ClSi.2ClH.Ti/c2*1-9(2,8)7-5-3-4-6-7;;;/h2*3,5H,4H2,1-2H3;2*1H;. The minimum Gasteiger partial charge on any atom is -0.147 e. The van der Waals surface area contributed by atoms with Gasteiger partial charge in [0.05, 0.1) is 0 Å². The van der Waals surface area contributed by atoms with Gasteiger partial charge in [-0.1, -0.05) is 0 Å². The molecule has 2 aliphatic rings. The summed E-state index contributed by atoms with van der Waals surface area (Å²) in [5.74, 6) is 0. The van der Waals surface area contributed by atoms with Crippen molar-refractivity contribution < 1.29 is 19.2 Å². The van der Waals surface area contributed by atoms with Crippen molar-refractivity contribution in [1.29, 1.82) is 0 Å². The number of rotatable bonds is 4. The van der Waals surface area contributed by atoms with E-state index in [0.717, 1.165) is 12.8 Å².